The minimum absolute atomic E-state index is 0.641. The Morgan fingerprint density at radius 1 is 1.12 bits per heavy atom. The summed E-state index contributed by atoms with van der Waals surface area (Å²) in [4.78, 5) is 5.65. The van der Waals surface area contributed by atoms with Gasteiger partial charge in [-0.1, -0.05) is 42.3 Å². The molecule has 0 saturated carbocycles. The normalized spacial score (nSPS) is 17.7. The van der Waals surface area contributed by atoms with Crippen molar-refractivity contribution in [2.75, 3.05) is 19.7 Å². The molecule has 1 aromatic carbocycles. The standard InChI is InChI=1S/C14H18ClNO/c15-14-8-6-13(7-9-14)5-4-12-17-16-10-2-1-3-11-16/h4-9H,1-3,10-12H2. The first-order valence-corrected chi connectivity index (χ1v) is 6.52. The molecule has 3 heteroatoms. The molecule has 1 aliphatic rings. The molecule has 1 aromatic rings. The number of hydroxylamine groups is 2. The van der Waals surface area contributed by atoms with Crippen molar-refractivity contribution in [2.45, 2.75) is 19.3 Å². The molecule has 0 bridgehead atoms. The van der Waals surface area contributed by atoms with Crippen LogP contribution in [0.25, 0.3) is 6.08 Å². The first-order chi connectivity index (χ1) is 8.34. The van der Waals surface area contributed by atoms with Crippen LogP contribution in [0.2, 0.25) is 5.02 Å². The van der Waals surface area contributed by atoms with Crippen molar-refractivity contribution >= 4 is 17.7 Å². The maximum Gasteiger partial charge on any atom is 0.0869 e. The van der Waals surface area contributed by atoms with E-state index >= 15 is 0 Å². The van der Waals surface area contributed by atoms with Gasteiger partial charge in [0.05, 0.1) is 6.61 Å². The van der Waals surface area contributed by atoms with E-state index < -0.39 is 0 Å². The molecule has 2 rings (SSSR count). The molecule has 0 amide bonds. The maximum absolute atomic E-state index is 5.82. The maximum atomic E-state index is 5.82. The molecule has 17 heavy (non-hydrogen) atoms. The van der Waals surface area contributed by atoms with E-state index in [0.29, 0.717) is 6.61 Å². The zero-order valence-corrected chi connectivity index (χ0v) is 10.7. The van der Waals surface area contributed by atoms with E-state index in [9.17, 15) is 0 Å². The van der Waals surface area contributed by atoms with Crippen LogP contribution in [0.3, 0.4) is 0 Å². The van der Waals surface area contributed by atoms with Crippen molar-refractivity contribution in [2.24, 2.45) is 0 Å². The van der Waals surface area contributed by atoms with Crippen LogP contribution in [0.5, 0.6) is 0 Å². The van der Waals surface area contributed by atoms with Crippen molar-refractivity contribution in [3.8, 4) is 0 Å². The van der Waals surface area contributed by atoms with Crippen molar-refractivity contribution in [3.63, 3.8) is 0 Å². The third-order valence-electron chi connectivity index (χ3n) is 2.85. The molecule has 0 unspecified atom stereocenters. The van der Waals surface area contributed by atoms with Gasteiger partial charge in [0.25, 0.3) is 0 Å². The van der Waals surface area contributed by atoms with Gasteiger partial charge < -0.3 is 0 Å². The molecule has 0 atom stereocenters. The summed E-state index contributed by atoms with van der Waals surface area (Å²) in [5.41, 5.74) is 1.15. The van der Waals surface area contributed by atoms with E-state index in [0.717, 1.165) is 23.7 Å². The number of piperidine rings is 1. The van der Waals surface area contributed by atoms with E-state index in [1.165, 1.54) is 19.3 Å². The third kappa shape index (κ3) is 4.50. The van der Waals surface area contributed by atoms with Crippen molar-refractivity contribution in [3.05, 3.63) is 40.9 Å². The lowest BCUT2D eigenvalue weighted by molar-refractivity contribution is -0.157. The lowest BCUT2D eigenvalue weighted by Gasteiger charge is -2.24. The summed E-state index contributed by atoms with van der Waals surface area (Å²) < 4.78 is 0. The Bertz CT molecular complexity index is 355. The number of nitrogens with zero attached hydrogens (tertiary/aromatic N) is 1. The smallest absolute Gasteiger partial charge is 0.0869 e. The Morgan fingerprint density at radius 2 is 1.82 bits per heavy atom. The van der Waals surface area contributed by atoms with E-state index in [1.54, 1.807) is 0 Å². The number of hydrogen-bond donors (Lipinski definition) is 0. The van der Waals surface area contributed by atoms with Gasteiger partial charge in [0.1, 0.15) is 0 Å². The van der Waals surface area contributed by atoms with Gasteiger partial charge in [-0.2, -0.15) is 5.06 Å². The molecule has 1 heterocycles. The van der Waals surface area contributed by atoms with Gasteiger partial charge >= 0.3 is 0 Å². The quantitative estimate of drug-likeness (QED) is 0.808. The Balaban J connectivity index is 1.72. The predicted molar refractivity (Wildman–Crippen MR) is 71.9 cm³/mol. The zero-order chi connectivity index (χ0) is 11.9. The Kier molecular flexibility index (Phi) is 5.05. The number of hydrogen-bond acceptors (Lipinski definition) is 2. The second-order valence-electron chi connectivity index (χ2n) is 4.24. The van der Waals surface area contributed by atoms with Crippen LogP contribution in [-0.2, 0) is 4.84 Å². The summed E-state index contributed by atoms with van der Waals surface area (Å²) in [5.74, 6) is 0. The molecular weight excluding hydrogens is 234 g/mol. The van der Waals surface area contributed by atoms with Gasteiger partial charge in [-0.3, -0.25) is 4.84 Å². The molecule has 1 fully saturated rings. The highest BCUT2D eigenvalue weighted by atomic mass is 35.5. The van der Waals surface area contributed by atoms with E-state index in [4.69, 9.17) is 16.4 Å². The van der Waals surface area contributed by atoms with Crippen LogP contribution >= 0.6 is 11.6 Å². The summed E-state index contributed by atoms with van der Waals surface area (Å²) >= 11 is 5.82. The van der Waals surface area contributed by atoms with Gasteiger partial charge in [0.2, 0.25) is 0 Å². The lowest BCUT2D eigenvalue weighted by atomic mass is 10.2. The van der Waals surface area contributed by atoms with Gasteiger partial charge in [-0.25, -0.2) is 0 Å². The summed E-state index contributed by atoms with van der Waals surface area (Å²) in [5, 5.41) is 2.84. The van der Waals surface area contributed by atoms with Gasteiger partial charge in [0, 0.05) is 18.1 Å². The average Bonchev–Trinajstić information content (AvgIpc) is 2.38. The molecule has 1 aliphatic heterocycles. The number of halogens is 1. The van der Waals surface area contributed by atoms with E-state index in [-0.39, 0.29) is 0 Å². The molecule has 2 nitrogen and oxygen atoms in total. The fraction of sp³-hybridized carbons (Fsp3) is 0.429. The largest absolute Gasteiger partial charge is 0.295 e. The molecule has 92 valence electrons. The molecule has 0 aliphatic carbocycles. The van der Waals surface area contributed by atoms with Crippen LogP contribution in [0.15, 0.2) is 30.3 Å². The van der Waals surface area contributed by atoms with Crippen LogP contribution in [0.1, 0.15) is 24.8 Å². The highest BCUT2D eigenvalue weighted by Gasteiger charge is 2.08. The number of benzene rings is 1. The Hall–Kier alpha value is -0.830. The average molecular weight is 252 g/mol. The van der Waals surface area contributed by atoms with Crippen LogP contribution < -0.4 is 0 Å². The highest BCUT2D eigenvalue weighted by Crippen LogP contribution is 2.11. The number of rotatable bonds is 4. The monoisotopic (exact) mass is 251 g/mol. The molecule has 0 N–H and O–H groups in total. The molecule has 0 aromatic heterocycles. The first kappa shape index (κ1) is 12.6. The molecular formula is C14H18ClNO. The van der Waals surface area contributed by atoms with Crippen LogP contribution in [0.4, 0.5) is 0 Å². The molecule has 0 spiro atoms. The first-order valence-electron chi connectivity index (χ1n) is 6.14. The van der Waals surface area contributed by atoms with Crippen molar-refractivity contribution < 1.29 is 4.84 Å². The summed E-state index contributed by atoms with van der Waals surface area (Å²) in [7, 11) is 0. The summed E-state index contributed by atoms with van der Waals surface area (Å²) in [6.07, 6.45) is 7.93. The SMILES string of the molecule is Clc1ccc(C=CCON2CCCCC2)cc1. The minimum atomic E-state index is 0.641. The van der Waals surface area contributed by atoms with Gasteiger partial charge in [0.15, 0.2) is 0 Å². The Morgan fingerprint density at radius 3 is 2.53 bits per heavy atom. The predicted octanol–water partition coefficient (Wildman–Crippen LogP) is 3.77. The van der Waals surface area contributed by atoms with Crippen molar-refractivity contribution in [1.82, 2.24) is 5.06 Å². The second kappa shape index (κ2) is 6.80. The molecule has 1 saturated heterocycles. The van der Waals surface area contributed by atoms with Gasteiger partial charge in [-0.15, -0.1) is 0 Å². The zero-order valence-electron chi connectivity index (χ0n) is 9.94. The Labute approximate surface area is 108 Å². The lowest BCUT2D eigenvalue weighted by Crippen LogP contribution is -2.29. The van der Waals surface area contributed by atoms with Crippen LogP contribution in [-0.4, -0.2) is 24.8 Å². The third-order valence-corrected chi connectivity index (χ3v) is 3.10. The fourth-order valence-corrected chi connectivity index (χ4v) is 2.03. The molecule has 0 radical (unpaired) electrons. The van der Waals surface area contributed by atoms with E-state index in [1.807, 2.05) is 30.3 Å². The van der Waals surface area contributed by atoms with Gasteiger partial charge in [-0.05, 0) is 30.5 Å². The van der Waals surface area contributed by atoms with Crippen molar-refractivity contribution in [1.29, 1.82) is 0 Å². The summed E-state index contributed by atoms with van der Waals surface area (Å²) in [6.45, 7) is 2.77. The van der Waals surface area contributed by atoms with Crippen LogP contribution in [0, 0.1) is 0 Å². The fourth-order valence-electron chi connectivity index (χ4n) is 1.90. The topological polar surface area (TPSA) is 12.5 Å². The minimum Gasteiger partial charge on any atom is -0.295 e. The van der Waals surface area contributed by atoms with E-state index in [2.05, 4.69) is 11.1 Å². The summed E-state index contributed by atoms with van der Waals surface area (Å²) in [6, 6.07) is 7.79. The highest BCUT2D eigenvalue weighted by molar-refractivity contribution is 6.30. The second-order valence-corrected chi connectivity index (χ2v) is 4.68.